The van der Waals surface area contributed by atoms with Crippen LogP contribution in [0.4, 0.5) is 0 Å². The summed E-state index contributed by atoms with van der Waals surface area (Å²) in [5.74, 6) is -2.03. The minimum Gasteiger partial charge on any atom is -0.625 e. The number of hydrogen-bond donors (Lipinski definition) is 0. The normalized spacial score (nSPS) is 9.14. The number of carbonyl (C=O) groups is 3. The van der Waals surface area contributed by atoms with E-state index in [4.69, 9.17) is 0 Å². The Morgan fingerprint density at radius 3 is 1.10 bits per heavy atom. The van der Waals surface area contributed by atoms with E-state index in [1.165, 1.54) is 19.6 Å². The second-order valence-corrected chi connectivity index (χ2v) is 3.88. The Morgan fingerprint density at radius 1 is 0.762 bits per heavy atom. The number of rotatable bonds is 6. The van der Waals surface area contributed by atoms with Gasteiger partial charge < -0.3 is 18.9 Å². The third-order valence-corrected chi connectivity index (χ3v) is 2.30. The second kappa shape index (κ2) is 15.8. The number of carbonyl (C=O) groups excluding carboxylic acids is 3. The van der Waals surface area contributed by atoms with Crippen molar-refractivity contribution in [3.05, 3.63) is 0 Å². The van der Waals surface area contributed by atoms with E-state index in [1.54, 1.807) is 0 Å². The monoisotopic (exact) mass is 313 g/mol. The predicted molar refractivity (Wildman–Crippen MR) is 75.9 cm³/mol. The van der Waals surface area contributed by atoms with Gasteiger partial charge in [0.2, 0.25) is 0 Å². The van der Waals surface area contributed by atoms with Gasteiger partial charge in [-0.15, -0.1) is 0 Å². The zero-order valence-electron chi connectivity index (χ0n) is 14.2. The van der Waals surface area contributed by atoms with Crippen molar-refractivity contribution >= 4 is 25.2 Å². The Morgan fingerprint density at radius 2 is 1.00 bits per heavy atom. The van der Waals surface area contributed by atoms with Crippen molar-refractivity contribution < 1.29 is 57.9 Å². The summed E-state index contributed by atoms with van der Waals surface area (Å²) in [5, 5.41) is 0. The first-order valence-corrected chi connectivity index (χ1v) is 6.66. The van der Waals surface area contributed by atoms with Crippen molar-refractivity contribution in [1.29, 1.82) is 0 Å². The molecule has 0 aromatic heterocycles. The van der Waals surface area contributed by atoms with Crippen LogP contribution < -0.4 is 29.6 Å². The van der Waals surface area contributed by atoms with Crippen molar-refractivity contribution in [2.45, 2.75) is 41.5 Å². The van der Waals surface area contributed by atoms with Crippen LogP contribution in [-0.4, -0.2) is 49.8 Å². The summed E-state index contributed by atoms with van der Waals surface area (Å²) in [7, 11) is -2.41. The van der Waals surface area contributed by atoms with Crippen molar-refractivity contribution in [3.8, 4) is 0 Å². The molecule has 0 fully saturated rings. The molecular formula is C12H25BNNaO6. The summed E-state index contributed by atoms with van der Waals surface area (Å²) in [6.45, 7) is 13.5. The molecule has 0 aliphatic heterocycles. The van der Waals surface area contributed by atoms with E-state index in [0.29, 0.717) is 0 Å². The van der Waals surface area contributed by atoms with E-state index < -0.39 is 25.2 Å². The van der Waals surface area contributed by atoms with Crippen LogP contribution in [0.25, 0.3) is 0 Å². The van der Waals surface area contributed by atoms with Crippen molar-refractivity contribution in [2.75, 3.05) is 19.6 Å². The van der Waals surface area contributed by atoms with Crippen LogP contribution in [0.1, 0.15) is 41.5 Å². The zero-order valence-corrected chi connectivity index (χ0v) is 16.2. The van der Waals surface area contributed by atoms with Gasteiger partial charge in [0.1, 0.15) is 0 Å². The smallest absolute Gasteiger partial charge is 0.625 e. The van der Waals surface area contributed by atoms with Gasteiger partial charge in [0.05, 0.1) is 0 Å². The van der Waals surface area contributed by atoms with Crippen LogP contribution in [-0.2, 0) is 28.3 Å². The average molecular weight is 313 g/mol. The van der Waals surface area contributed by atoms with Gasteiger partial charge in [-0.3, -0.25) is 14.4 Å². The van der Waals surface area contributed by atoms with Crippen LogP contribution in [0, 0.1) is 0 Å². The minimum absolute atomic E-state index is 0. The van der Waals surface area contributed by atoms with Crippen molar-refractivity contribution in [3.63, 3.8) is 0 Å². The van der Waals surface area contributed by atoms with Crippen LogP contribution >= 0.6 is 0 Å². The Labute approximate surface area is 149 Å². The topological polar surface area (TPSA) is 82.1 Å². The van der Waals surface area contributed by atoms with Crippen LogP contribution in [0.2, 0.25) is 0 Å². The van der Waals surface area contributed by atoms with E-state index in [2.05, 4.69) is 39.6 Å². The Hall–Kier alpha value is -0.565. The molecule has 0 heterocycles. The number of nitrogens with zero attached hydrogens (tertiary/aromatic N) is 1. The van der Waals surface area contributed by atoms with Crippen molar-refractivity contribution in [1.82, 2.24) is 4.90 Å². The molecule has 7 nitrogen and oxygen atoms in total. The summed E-state index contributed by atoms with van der Waals surface area (Å²) >= 11 is 0. The minimum atomic E-state index is -2.41. The molecule has 0 saturated carbocycles. The van der Waals surface area contributed by atoms with Gasteiger partial charge in [-0.1, -0.05) is 20.8 Å². The molecule has 0 rings (SSSR count). The molecule has 0 bridgehead atoms. The Balaban J connectivity index is -0.000000347. The standard InChI is InChI=1S/C6H10BO6.C6H15N.Na/c1-4(8)11-7(12-5(2)9)13-6(3)10;1-4-7(5-2)6-3;/h7H,1-3H3;4-6H2,1-3H3;/q-1;;+1. The van der Waals surface area contributed by atoms with Gasteiger partial charge in [-0.25, -0.2) is 0 Å². The first kappa shape index (κ1) is 25.4. The Bertz CT molecular complexity index is 269. The maximum atomic E-state index is 10.4. The molecule has 0 aromatic rings. The fraction of sp³-hybridized carbons (Fsp3) is 0.750. The largest absolute Gasteiger partial charge is 1.00 e. The predicted octanol–water partition coefficient (Wildman–Crippen LogP) is -2.25. The van der Waals surface area contributed by atoms with Gasteiger partial charge in [-0.2, -0.15) is 0 Å². The fourth-order valence-corrected chi connectivity index (χ4v) is 1.26. The summed E-state index contributed by atoms with van der Waals surface area (Å²) in [5.41, 5.74) is 0. The third kappa shape index (κ3) is 19.4. The van der Waals surface area contributed by atoms with E-state index in [1.807, 2.05) is 0 Å². The van der Waals surface area contributed by atoms with Crippen LogP contribution in [0.5, 0.6) is 0 Å². The summed E-state index contributed by atoms with van der Waals surface area (Å²) in [6, 6.07) is 0. The number of hydrogen-bond acceptors (Lipinski definition) is 7. The molecule has 0 atom stereocenters. The Kier molecular flexibility index (Phi) is 19.1. The maximum absolute atomic E-state index is 10.4. The van der Waals surface area contributed by atoms with E-state index in [0.717, 1.165) is 20.8 Å². The van der Waals surface area contributed by atoms with E-state index in [-0.39, 0.29) is 29.6 Å². The molecule has 0 saturated heterocycles. The molecule has 0 spiro atoms. The molecule has 0 amide bonds. The fourth-order valence-electron chi connectivity index (χ4n) is 1.26. The quantitative estimate of drug-likeness (QED) is 0.512. The van der Waals surface area contributed by atoms with Gasteiger partial charge in [-0.05, 0) is 19.6 Å². The molecule has 0 aromatic carbocycles. The van der Waals surface area contributed by atoms with Gasteiger partial charge >= 0.3 is 36.9 Å². The first-order valence-electron chi connectivity index (χ1n) is 6.66. The summed E-state index contributed by atoms with van der Waals surface area (Å²) in [4.78, 5) is 33.7. The molecule has 0 N–H and O–H groups in total. The molecule has 0 unspecified atom stereocenters. The van der Waals surface area contributed by atoms with Gasteiger partial charge in [0, 0.05) is 20.8 Å². The molecule has 0 aliphatic rings. The van der Waals surface area contributed by atoms with Gasteiger partial charge in [0.15, 0.2) is 0 Å². The molecule has 9 heteroatoms. The molecule has 0 radical (unpaired) electrons. The van der Waals surface area contributed by atoms with Gasteiger partial charge in [0.25, 0.3) is 17.9 Å². The zero-order chi connectivity index (χ0) is 16.1. The molecule has 0 aliphatic carbocycles. The summed E-state index contributed by atoms with van der Waals surface area (Å²) in [6.07, 6.45) is 0. The summed E-state index contributed by atoms with van der Waals surface area (Å²) < 4.78 is 13.3. The van der Waals surface area contributed by atoms with E-state index in [9.17, 15) is 14.4 Å². The SMILES string of the molecule is CC(=O)O[BH-](OC(C)=O)OC(C)=O.CCN(CC)CC.[Na+]. The second-order valence-electron chi connectivity index (χ2n) is 3.88. The van der Waals surface area contributed by atoms with Crippen LogP contribution in [0.15, 0.2) is 0 Å². The first-order chi connectivity index (χ1) is 9.26. The molecule has 21 heavy (non-hydrogen) atoms. The molecule has 118 valence electrons. The molecular weight excluding hydrogens is 288 g/mol. The average Bonchev–Trinajstić information content (AvgIpc) is 2.29. The third-order valence-electron chi connectivity index (χ3n) is 2.30. The maximum Gasteiger partial charge on any atom is 1.00 e. The van der Waals surface area contributed by atoms with Crippen LogP contribution in [0.3, 0.4) is 0 Å². The van der Waals surface area contributed by atoms with E-state index >= 15 is 0 Å². The van der Waals surface area contributed by atoms with Crippen molar-refractivity contribution in [2.24, 2.45) is 0 Å².